The molecule has 0 fully saturated rings. The van der Waals surface area contributed by atoms with Gasteiger partial charge in [-0.25, -0.2) is 4.98 Å². The number of aryl methyl sites for hydroxylation is 3. The maximum atomic E-state index is 5.14. The van der Waals surface area contributed by atoms with Crippen LogP contribution in [0.1, 0.15) is 87.1 Å². The van der Waals surface area contributed by atoms with Crippen LogP contribution in [0.2, 0.25) is 0 Å². The van der Waals surface area contributed by atoms with Gasteiger partial charge in [-0.2, -0.15) is 0 Å². The SMILES string of the molecule is CCCCCCCCc1cccc(-c2cc(C)c(-c3ccc4nc(-c5ccc6c(c5)-c5ccccc5C6(C)C)ccc4c3)c(C)c2)c1. The molecule has 1 nitrogen and oxygen atoms in total. The van der Waals surface area contributed by atoms with Gasteiger partial charge < -0.3 is 0 Å². The molecule has 1 aliphatic carbocycles. The number of rotatable bonds is 10. The minimum atomic E-state index is 0.0173. The largest absolute Gasteiger partial charge is 0.248 e. The maximum absolute atomic E-state index is 5.14. The second kappa shape index (κ2) is 13.0. The number of hydrogen-bond donors (Lipinski definition) is 0. The van der Waals surface area contributed by atoms with E-state index in [2.05, 4.69) is 144 Å². The Morgan fingerprint density at radius 1 is 0.553 bits per heavy atom. The maximum Gasteiger partial charge on any atom is 0.0709 e. The second-order valence-corrected chi connectivity index (χ2v) is 14.2. The van der Waals surface area contributed by atoms with Gasteiger partial charge in [0, 0.05) is 16.4 Å². The monoisotopic (exact) mass is 613 g/mol. The number of fused-ring (bicyclic) bond motifs is 4. The van der Waals surface area contributed by atoms with Crippen molar-refractivity contribution in [3.8, 4) is 44.6 Å². The lowest BCUT2D eigenvalue weighted by Crippen LogP contribution is -2.14. The molecule has 47 heavy (non-hydrogen) atoms. The smallest absolute Gasteiger partial charge is 0.0709 e. The standard InChI is InChI=1S/C46H47N/c1-6-7-8-9-10-11-15-33-16-14-17-34(28-33)38-26-31(2)45(32(3)27-38)37-22-25-43-35(29-37)21-24-44(47-43)36-20-23-42-40(30-36)39-18-12-13-19-41(39)46(42,4)5/h12-14,16-30H,6-11,15H2,1-5H3. The fourth-order valence-corrected chi connectivity index (χ4v) is 7.92. The third-order valence-corrected chi connectivity index (χ3v) is 10.5. The fourth-order valence-electron chi connectivity index (χ4n) is 7.92. The van der Waals surface area contributed by atoms with Gasteiger partial charge >= 0.3 is 0 Å². The van der Waals surface area contributed by atoms with Crippen molar-refractivity contribution < 1.29 is 0 Å². The number of benzene rings is 5. The zero-order valence-corrected chi connectivity index (χ0v) is 28.8. The molecule has 0 atom stereocenters. The Labute approximate surface area is 281 Å². The third-order valence-electron chi connectivity index (χ3n) is 10.5. The normalized spacial score (nSPS) is 13.1. The Morgan fingerprint density at radius 2 is 1.30 bits per heavy atom. The van der Waals surface area contributed by atoms with Crippen LogP contribution in [0.15, 0.2) is 109 Å². The Hall–Kier alpha value is -4.49. The van der Waals surface area contributed by atoms with Crippen molar-refractivity contribution in [1.82, 2.24) is 4.98 Å². The summed E-state index contributed by atoms with van der Waals surface area (Å²) in [6.07, 6.45) is 9.20. The number of aromatic nitrogens is 1. The molecule has 7 rings (SSSR count). The zero-order chi connectivity index (χ0) is 32.5. The first kappa shape index (κ1) is 31.1. The molecule has 0 unspecified atom stereocenters. The molecule has 1 heteroatoms. The molecule has 5 aromatic carbocycles. The molecule has 6 aromatic rings. The van der Waals surface area contributed by atoms with E-state index in [1.165, 1.54) is 117 Å². The van der Waals surface area contributed by atoms with Crippen LogP contribution in [0.4, 0.5) is 0 Å². The summed E-state index contributed by atoms with van der Waals surface area (Å²) in [5.41, 5.74) is 18.0. The van der Waals surface area contributed by atoms with Gasteiger partial charge in [-0.3, -0.25) is 0 Å². The molecule has 0 radical (unpaired) electrons. The molecule has 0 saturated carbocycles. The van der Waals surface area contributed by atoms with Crippen molar-refractivity contribution in [2.45, 2.75) is 85.0 Å². The van der Waals surface area contributed by atoms with Crippen LogP contribution in [-0.2, 0) is 11.8 Å². The molecule has 1 heterocycles. The van der Waals surface area contributed by atoms with E-state index in [0.717, 1.165) is 11.2 Å². The highest BCUT2D eigenvalue weighted by molar-refractivity contribution is 5.89. The quantitative estimate of drug-likeness (QED) is 0.140. The van der Waals surface area contributed by atoms with Gasteiger partial charge in [0.2, 0.25) is 0 Å². The summed E-state index contributed by atoms with van der Waals surface area (Å²) in [6.45, 7) is 11.5. The van der Waals surface area contributed by atoms with E-state index in [-0.39, 0.29) is 5.41 Å². The van der Waals surface area contributed by atoms with Gasteiger partial charge in [-0.05, 0) is 112 Å². The second-order valence-electron chi connectivity index (χ2n) is 14.2. The Kier molecular flexibility index (Phi) is 8.58. The van der Waals surface area contributed by atoms with Crippen LogP contribution in [0.3, 0.4) is 0 Å². The van der Waals surface area contributed by atoms with Crippen LogP contribution >= 0.6 is 0 Å². The Morgan fingerprint density at radius 3 is 2.13 bits per heavy atom. The van der Waals surface area contributed by atoms with Gasteiger partial charge in [-0.1, -0.05) is 138 Å². The average Bonchev–Trinajstić information content (AvgIpc) is 3.31. The van der Waals surface area contributed by atoms with Crippen molar-refractivity contribution in [3.63, 3.8) is 0 Å². The predicted molar refractivity (Wildman–Crippen MR) is 202 cm³/mol. The van der Waals surface area contributed by atoms with Crippen LogP contribution in [0.5, 0.6) is 0 Å². The summed E-state index contributed by atoms with van der Waals surface area (Å²) in [7, 11) is 0. The van der Waals surface area contributed by atoms with E-state index < -0.39 is 0 Å². The minimum absolute atomic E-state index is 0.0173. The summed E-state index contributed by atoms with van der Waals surface area (Å²) >= 11 is 0. The van der Waals surface area contributed by atoms with E-state index in [9.17, 15) is 0 Å². The molecule has 0 saturated heterocycles. The van der Waals surface area contributed by atoms with E-state index in [0.29, 0.717) is 0 Å². The number of pyridine rings is 1. The van der Waals surface area contributed by atoms with Crippen molar-refractivity contribution in [1.29, 1.82) is 0 Å². The molecular formula is C46H47N. The topological polar surface area (TPSA) is 12.9 Å². The highest BCUT2D eigenvalue weighted by Crippen LogP contribution is 2.49. The number of nitrogens with zero attached hydrogens (tertiary/aromatic N) is 1. The average molecular weight is 614 g/mol. The molecule has 0 spiro atoms. The van der Waals surface area contributed by atoms with Gasteiger partial charge in [0.05, 0.1) is 11.2 Å². The van der Waals surface area contributed by atoms with Crippen molar-refractivity contribution >= 4 is 10.9 Å². The van der Waals surface area contributed by atoms with Crippen molar-refractivity contribution in [3.05, 3.63) is 137 Å². The highest BCUT2D eigenvalue weighted by Gasteiger charge is 2.35. The van der Waals surface area contributed by atoms with Crippen LogP contribution in [-0.4, -0.2) is 4.98 Å². The fraction of sp³-hybridized carbons (Fsp3) is 0.283. The molecule has 1 aliphatic rings. The van der Waals surface area contributed by atoms with Crippen LogP contribution < -0.4 is 0 Å². The van der Waals surface area contributed by atoms with Gasteiger partial charge in [0.1, 0.15) is 0 Å². The summed E-state index contributed by atoms with van der Waals surface area (Å²) < 4.78 is 0. The van der Waals surface area contributed by atoms with Gasteiger partial charge in [0.25, 0.3) is 0 Å². The van der Waals surface area contributed by atoms with Crippen molar-refractivity contribution in [2.75, 3.05) is 0 Å². The van der Waals surface area contributed by atoms with E-state index in [1.807, 2.05) is 0 Å². The summed E-state index contributed by atoms with van der Waals surface area (Å²) in [6, 6.07) is 40.8. The minimum Gasteiger partial charge on any atom is -0.248 e. The van der Waals surface area contributed by atoms with Crippen LogP contribution in [0, 0.1) is 13.8 Å². The first-order valence-electron chi connectivity index (χ1n) is 17.7. The lowest BCUT2D eigenvalue weighted by molar-refractivity contribution is 0.607. The molecule has 0 amide bonds. The lowest BCUT2D eigenvalue weighted by atomic mass is 9.82. The third kappa shape index (κ3) is 6.05. The highest BCUT2D eigenvalue weighted by atomic mass is 14.7. The molecule has 0 N–H and O–H groups in total. The Bertz CT molecular complexity index is 2050. The molecular weight excluding hydrogens is 567 g/mol. The first-order valence-corrected chi connectivity index (χ1v) is 17.7. The summed E-state index contributed by atoms with van der Waals surface area (Å²) in [4.78, 5) is 5.14. The van der Waals surface area contributed by atoms with Crippen LogP contribution in [0.25, 0.3) is 55.5 Å². The lowest BCUT2D eigenvalue weighted by Gasteiger charge is -2.21. The number of unbranched alkanes of at least 4 members (excludes halogenated alkanes) is 5. The Balaban J connectivity index is 1.13. The van der Waals surface area contributed by atoms with E-state index in [4.69, 9.17) is 4.98 Å². The predicted octanol–water partition coefficient (Wildman–Crippen LogP) is 13.1. The van der Waals surface area contributed by atoms with E-state index >= 15 is 0 Å². The number of hydrogen-bond acceptors (Lipinski definition) is 1. The molecule has 0 aliphatic heterocycles. The zero-order valence-electron chi connectivity index (χ0n) is 28.8. The van der Waals surface area contributed by atoms with Crippen molar-refractivity contribution in [2.24, 2.45) is 0 Å². The summed E-state index contributed by atoms with van der Waals surface area (Å²) in [5, 5.41) is 1.17. The molecule has 236 valence electrons. The first-order chi connectivity index (χ1) is 22.8. The summed E-state index contributed by atoms with van der Waals surface area (Å²) in [5.74, 6) is 0. The molecule has 0 bridgehead atoms. The van der Waals surface area contributed by atoms with Gasteiger partial charge in [-0.15, -0.1) is 0 Å². The molecule has 1 aromatic heterocycles. The van der Waals surface area contributed by atoms with E-state index in [1.54, 1.807) is 0 Å². The van der Waals surface area contributed by atoms with Gasteiger partial charge in [0.15, 0.2) is 0 Å².